The maximum Gasteiger partial charge on any atom is 0.126 e. The van der Waals surface area contributed by atoms with Crippen LogP contribution in [0.2, 0.25) is 0 Å². The zero-order valence-corrected chi connectivity index (χ0v) is 6.66. The van der Waals surface area contributed by atoms with Gasteiger partial charge in [-0.25, -0.2) is 4.39 Å². The monoisotopic (exact) mass is 165 g/mol. The van der Waals surface area contributed by atoms with Crippen LogP contribution in [0.5, 0.6) is 0 Å². The van der Waals surface area contributed by atoms with Gasteiger partial charge in [0.1, 0.15) is 5.82 Å². The third-order valence-electron chi connectivity index (χ3n) is 1.68. The van der Waals surface area contributed by atoms with Crippen LogP contribution < -0.4 is 0 Å². The molecule has 3 nitrogen and oxygen atoms in total. The number of nitrogens with zero attached hydrogens (tertiary/aromatic N) is 3. The van der Waals surface area contributed by atoms with Crippen molar-refractivity contribution in [1.82, 2.24) is 0 Å². The summed E-state index contributed by atoms with van der Waals surface area (Å²) < 4.78 is 12.9. The van der Waals surface area contributed by atoms with Crippen molar-refractivity contribution >= 4 is 0 Å². The Balaban J connectivity index is 2.99. The lowest BCUT2D eigenvalue weighted by atomic mass is 10.1. The van der Waals surface area contributed by atoms with E-state index in [0.29, 0.717) is 5.56 Å². The highest BCUT2D eigenvalue weighted by Gasteiger charge is 2.00. The predicted molar refractivity (Wildman–Crippen MR) is 44.0 cm³/mol. The zero-order chi connectivity index (χ0) is 8.97. The fourth-order valence-electron chi connectivity index (χ4n) is 0.931. The van der Waals surface area contributed by atoms with Gasteiger partial charge < -0.3 is 0 Å². The van der Waals surface area contributed by atoms with Crippen molar-refractivity contribution in [3.63, 3.8) is 0 Å². The lowest BCUT2D eigenvalue weighted by Gasteiger charge is -2.01. The maximum absolute atomic E-state index is 12.9. The zero-order valence-electron chi connectivity index (χ0n) is 6.66. The summed E-state index contributed by atoms with van der Waals surface area (Å²) in [5, 5.41) is 3.36. The minimum atomic E-state index is -0.263. The van der Waals surface area contributed by atoms with Gasteiger partial charge in [0, 0.05) is 4.91 Å². The maximum atomic E-state index is 12.9. The molecule has 0 spiro atoms. The average molecular weight is 165 g/mol. The molecular weight excluding hydrogens is 157 g/mol. The minimum Gasteiger partial charge on any atom is -0.207 e. The van der Waals surface area contributed by atoms with E-state index < -0.39 is 0 Å². The molecule has 0 aliphatic heterocycles. The number of benzene rings is 1. The standard InChI is InChI=1S/C8H8FN3/c1-6-7(5-11-12-10)3-2-4-8(6)9/h2-4H,5H2,1H3. The van der Waals surface area contributed by atoms with Crippen molar-refractivity contribution in [2.24, 2.45) is 5.11 Å². The molecule has 0 unspecified atom stereocenters. The van der Waals surface area contributed by atoms with Gasteiger partial charge in [0.2, 0.25) is 0 Å². The smallest absolute Gasteiger partial charge is 0.126 e. The number of hydrogen-bond acceptors (Lipinski definition) is 1. The first-order valence-electron chi connectivity index (χ1n) is 3.50. The van der Waals surface area contributed by atoms with Crippen LogP contribution in [0.3, 0.4) is 0 Å². The second-order valence-electron chi connectivity index (χ2n) is 2.41. The summed E-state index contributed by atoms with van der Waals surface area (Å²) in [5.41, 5.74) is 9.33. The van der Waals surface area contributed by atoms with Crippen LogP contribution in [0.15, 0.2) is 23.3 Å². The highest BCUT2D eigenvalue weighted by molar-refractivity contribution is 5.26. The molecule has 12 heavy (non-hydrogen) atoms. The van der Waals surface area contributed by atoms with Gasteiger partial charge in [-0.05, 0) is 29.6 Å². The molecule has 0 amide bonds. The van der Waals surface area contributed by atoms with Crippen molar-refractivity contribution in [1.29, 1.82) is 0 Å². The Bertz CT molecular complexity index is 329. The first-order valence-corrected chi connectivity index (χ1v) is 3.50. The number of hydrogen-bond donors (Lipinski definition) is 0. The van der Waals surface area contributed by atoms with Crippen LogP contribution in [-0.2, 0) is 6.54 Å². The topological polar surface area (TPSA) is 48.8 Å². The van der Waals surface area contributed by atoms with E-state index in [9.17, 15) is 4.39 Å². The van der Waals surface area contributed by atoms with E-state index in [-0.39, 0.29) is 12.4 Å². The molecule has 0 atom stereocenters. The lowest BCUT2D eigenvalue weighted by molar-refractivity contribution is 0.615. The van der Waals surface area contributed by atoms with Crippen molar-refractivity contribution < 1.29 is 4.39 Å². The van der Waals surface area contributed by atoms with Crippen LogP contribution >= 0.6 is 0 Å². The predicted octanol–water partition coefficient (Wildman–Crippen LogP) is 2.94. The molecule has 1 rings (SSSR count). The Morgan fingerprint density at radius 1 is 1.58 bits per heavy atom. The molecule has 0 aromatic heterocycles. The summed E-state index contributed by atoms with van der Waals surface area (Å²) in [6.45, 7) is 1.87. The molecule has 0 aliphatic rings. The SMILES string of the molecule is Cc1c(F)cccc1CN=[N+]=[N-]. The van der Waals surface area contributed by atoms with E-state index in [1.54, 1.807) is 19.1 Å². The molecule has 0 fully saturated rings. The van der Waals surface area contributed by atoms with E-state index in [0.717, 1.165) is 5.56 Å². The fraction of sp³-hybridized carbons (Fsp3) is 0.250. The number of halogens is 1. The van der Waals surface area contributed by atoms with Crippen molar-refractivity contribution in [2.75, 3.05) is 0 Å². The van der Waals surface area contributed by atoms with Gasteiger partial charge in [-0.1, -0.05) is 17.2 Å². The van der Waals surface area contributed by atoms with E-state index >= 15 is 0 Å². The second kappa shape index (κ2) is 3.74. The molecule has 0 saturated carbocycles. The largest absolute Gasteiger partial charge is 0.207 e. The van der Waals surface area contributed by atoms with E-state index in [1.807, 2.05) is 0 Å². The number of rotatable bonds is 2. The summed E-state index contributed by atoms with van der Waals surface area (Å²) in [4.78, 5) is 2.60. The third-order valence-corrected chi connectivity index (χ3v) is 1.68. The van der Waals surface area contributed by atoms with Gasteiger partial charge in [-0.15, -0.1) is 0 Å². The Labute approximate surface area is 69.5 Å². The first kappa shape index (κ1) is 8.56. The summed E-state index contributed by atoms with van der Waals surface area (Å²) in [6.07, 6.45) is 0. The quantitative estimate of drug-likeness (QED) is 0.367. The van der Waals surface area contributed by atoms with E-state index in [4.69, 9.17) is 5.53 Å². The molecule has 0 radical (unpaired) electrons. The van der Waals surface area contributed by atoms with E-state index in [2.05, 4.69) is 10.0 Å². The van der Waals surface area contributed by atoms with Gasteiger partial charge in [-0.2, -0.15) is 0 Å². The Morgan fingerprint density at radius 3 is 3.00 bits per heavy atom. The molecule has 0 heterocycles. The summed E-state index contributed by atoms with van der Waals surface area (Å²) in [5.74, 6) is -0.263. The summed E-state index contributed by atoms with van der Waals surface area (Å²) in [7, 11) is 0. The normalized spacial score (nSPS) is 9.17. The van der Waals surface area contributed by atoms with Gasteiger partial charge in [-0.3, -0.25) is 0 Å². The van der Waals surface area contributed by atoms with Crippen molar-refractivity contribution in [3.05, 3.63) is 45.6 Å². The minimum absolute atomic E-state index is 0.208. The molecule has 62 valence electrons. The van der Waals surface area contributed by atoms with Gasteiger partial charge in [0.25, 0.3) is 0 Å². The number of azide groups is 1. The molecule has 0 aliphatic carbocycles. The Morgan fingerprint density at radius 2 is 2.33 bits per heavy atom. The van der Waals surface area contributed by atoms with E-state index in [1.165, 1.54) is 6.07 Å². The molecule has 0 N–H and O–H groups in total. The first-order chi connectivity index (χ1) is 5.75. The highest BCUT2D eigenvalue weighted by atomic mass is 19.1. The molecule has 1 aromatic rings. The van der Waals surface area contributed by atoms with Gasteiger partial charge in [0.15, 0.2) is 0 Å². The lowest BCUT2D eigenvalue weighted by Crippen LogP contribution is -1.89. The van der Waals surface area contributed by atoms with Crippen LogP contribution in [0.4, 0.5) is 4.39 Å². The Kier molecular flexibility index (Phi) is 2.66. The van der Waals surface area contributed by atoms with Gasteiger partial charge in [0.05, 0.1) is 6.54 Å². The fourth-order valence-corrected chi connectivity index (χ4v) is 0.931. The molecular formula is C8H8FN3. The average Bonchev–Trinajstić information content (AvgIpc) is 2.08. The van der Waals surface area contributed by atoms with Crippen LogP contribution in [0.1, 0.15) is 11.1 Å². The third kappa shape index (κ3) is 1.74. The summed E-state index contributed by atoms with van der Waals surface area (Å²) >= 11 is 0. The molecule has 0 saturated heterocycles. The Hall–Kier alpha value is -1.54. The van der Waals surface area contributed by atoms with Crippen LogP contribution in [-0.4, -0.2) is 0 Å². The molecule has 4 heteroatoms. The second-order valence-corrected chi connectivity index (χ2v) is 2.41. The van der Waals surface area contributed by atoms with Crippen molar-refractivity contribution in [2.45, 2.75) is 13.5 Å². The van der Waals surface area contributed by atoms with Crippen LogP contribution in [0.25, 0.3) is 10.4 Å². The molecule has 1 aromatic carbocycles. The summed E-state index contributed by atoms with van der Waals surface area (Å²) in [6, 6.07) is 4.73. The van der Waals surface area contributed by atoms with Crippen molar-refractivity contribution in [3.8, 4) is 0 Å². The molecule has 0 bridgehead atoms. The van der Waals surface area contributed by atoms with Gasteiger partial charge >= 0.3 is 0 Å². The highest BCUT2D eigenvalue weighted by Crippen LogP contribution is 2.12. The van der Waals surface area contributed by atoms with Crippen LogP contribution in [0, 0.1) is 12.7 Å².